The van der Waals surface area contributed by atoms with E-state index >= 15 is 0 Å². The molecule has 0 aliphatic carbocycles. The van der Waals surface area contributed by atoms with E-state index in [4.69, 9.17) is 0 Å². The first kappa shape index (κ1) is 12.9. The maximum Gasteiger partial charge on any atom is 0.153 e. The van der Waals surface area contributed by atoms with Crippen LogP contribution in [0, 0.1) is 0 Å². The number of phenolic OH excluding ortho intramolecular Hbond substituents is 1. The zero-order valence-electron chi connectivity index (χ0n) is 10.8. The molecule has 0 spiro atoms. The summed E-state index contributed by atoms with van der Waals surface area (Å²) in [5, 5.41) is 18.7. The fourth-order valence-corrected chi connectivity index (χ4v) is 2.70. The minimum absolute atomic E-state index is 0.249. The van der Waals surface area contributed by atoms with Crippen LogP contribution in [0.15, 0.2) is 53.1 Å². The first-order chi connectivity index (χ1) is 9.66. The molecule has 0 unspecified atom stereocenters. The number of anilines is 2. The normalized spacial score (nSPS) is 10.7. The highest BCUT2D eigenvalue weighted by Crippen LogP contribution is 2.35. The lowest BCUT2D eigenvalue weighted by Crippen LogP contribution is -2.11. The van der Waals surface area contributed by atoms with Gasteiger partial charge in [0.1, 0.15) is 5.75 Å². The number of phenols is 1. The Hall–Kier alpha value is -2.14. The molecule has 0 saturated heterocycles. The molecular formula is C15H12BrN3O. The van der Waals surface area contributed by atoms with E-state index in [2.05, 4.69) is 26.1 Å². The number of fused-ring (bicyclic) bond motifs is 1. The van der Waals surface area contributed by atoms with Gasteiger partial charge in [0.2, 0.25) is 0 Å². The van der Waals surface area contributed by atoms with Crippen molar-refractivity contribution in [2.45, 2.75) is 0 Å². The Kier molecular flexibility index (Phi) is 3.28. The smallest absolute Gasteiger partial charge is 0.153 e. The molecule has 2 aromatic carbocycles. The number of aromatic nitrogens is 2. The van der Waals surface area contributed by atoms with Crippen molar-refractivity contribution < 1.29 is 5.11 Å². The average Bonchev–Trinajstić information content (AvgIpc) is 2.47. The van der Waals surface area contributed by atoms with Crippen molar-refractivity contribution >= 4 is 38.2 Å². The zero-order valence-corrected chi connectivity index (χ0v) is 12.4. The van der Waals surface area contributed by atoms with Crippen LogP contribution in [0.3, 0.4) is 0 Å². The summed E-state index contributed by atoms with van der Waals surface area (Å²) in [6.45, 7) is 0. The van der Waals surface area contributed by atoms with Crippen LogP contribution in [-0.2, 0) is 0 Å². The van der Waals surface area contributed by atoms with Gasteiger partial charge < -0.3 is 10.0 Å². The summed E-state index contributed by atoms with van der Waals surface area (Å²) in [6, 6.07) is 14.9. The number of hydrogen-bond acceptors (Lipinski definition) is 4. The summed E-state index contributed by atoms with van der Waals surface area (Å²) in [6.07, 6.45) is 0. The summed E-state index contributed by atoms with van der Waals surface area (Å²) >= 11 is 3.47. The lowest BCUT2D eigenvalue weighted by atomic mass is 10.2. The Balaban J connectivity index is 2.18. The number of hydrogen-bond donors (Lipinski definition) is 1. The lowest BCUT2D eigenvalue weighted by molar-refractivity contribution is 0.475. The molecule has 0 aliphatic rings. The van der Waals surface area contributed by atoms with Gasteiger partial charge in [0.05, 0.1) is 11.2 Å². The maximum absolute atomic E-state index is 9.39. The van der Waals surface area contributed by atoms with Crippen molar-refractivity contribution in [1.29, 1.82) is 0 Å². The monoisotopic (exact) mass is 329 g/mol. The third kappa shape index (κ3) is 2.20. The van der Waals surface area contributed by atoms with E-state index in [1.54, 1.807) is 12.1 Å². The molecule has 0 atom stereocenters. The molecule has 5 heteroatoms. The van der Waals surface area contributed by atoms with Gasteiger partial charge in [-0.15, -0.1) is 10.2 Å². The van der Waals surface area contributed by atoms with Gasteiger partial charge >= 0.3 is 0 Å². The summed E-state index contributed by atoms with van der Waals surface area (Å²) in [5.41, 5.74) is 2.75. The molecule has 0 amide bonds. The van der Waals surface area contributed by atoms with Crippen molar-refractivity contribution in [3.63, 3.8) is 0 Å². The van der Waals surface area contributed by atoms with Crippen molar-refractivity contribution in [3.05, 3.63) is 53.1 Å². The maximum atomic E-state index is 9.39. The Bertz CT molecular complexity index is 759. The molecule has 0 radical (unpaired) electrons. The predicted octanol–water partition coefficient (Wildman–Crippen LogP) is 3.87. The second-order valence-corrected chi connectivity index (χ2v) is 5.18. The predicted molar refractivity (Wildman–Crippen MR) is 83.4 cm³/mol. The van der Waals surface area contributed by atoms with Crippen LogP contribution in [0.1, 0.15) is 0 Å². The number of rotatable bonds is 2. The van der Waals surface area contributed by atoms with Crippen LogP contribution in [0.5, 0.6) is 5.75 Å². The van der Waals surface area contributed by atoms with Gasteiger partial charge in [-0.3, -0.25) is 0 Å². The summed E-state index contributed by atoms with van der Waals surface area (Å²) in [4.78, 5) is 2.01. The third-order valence-corrected chi connectivity index (χ3v) is 3.71. The highest BCUT2D eigenvalue weighted by atomic mass is 79.9. The molecule has 3 rings (SSSR count). The Morgan fingerprint density at radius 2 is 1.70 bits per heavy atom. The van der Waals surface area contributed by atoms with E-state index in [1.807, 2.05) is 48.3 Å². The molecule has 0 fully saturated rings. The fourth-order valence-electron chi connectivity index (χ4n) is 2.14. The Labute approximate surface area is 124 Å². The van der Waals surface area contributed by atoms with Crippen LogP contribution in [0.25, 0.3) is 10.9 Å². The highest BCUT2D eigenvalue weighted by Gasteiger charge is 2.14. The zero-order chi connectivity index (χ0) is 14.1. The second-order valence-electron chi connectivity index (χ2n) is 4.43. The van der Waals surface area contributed by atoms with Crippen LogP contribution < -0.4 is 4.90 Å². The highest BCUT2D eigenvalue weighted by molar-refractivity contribution is 9.10. The van der Waals surface area contributed by atoms with Gasteiger partial charge in [0, 0.05) is 18.1 Å². The van der Waals surface area contributed by atoms with Crippen LogP contribution >= 0.6 is 15.9 Å². The Morgan fingerprint density at radius 1 is 1.00 bits per heavy atom. The minimum Gasteiger partial charge on any atom is -0.508 e. The first-order valence-electron chi connectivity index (χ1n) is 6.10. The van der Waals surface area contributed by atoms with Gasteiger partial charge in [-0.2, -0.15) is 0 Å². The second kappa shape index (κ2) is 5.09. The molecule has 3 aromatic rings. The van der Waals surface area contributed by atoms with Crippen LogP contribution in [0.2, 0.25) is 0 Å². The number of aromatic hydroxyl groups is 1. The molecule has 0 saturated carbocycles. The largest absolute Gasteiger partial charge is 0.508 e. The first-order valence-corrected chi connectivity index (χ1v) is 6.90. The van der Waals surface area contributed by atoms with Gasteiger partial charge in [-0.25, -0.2) is 0 Å². The van der Waals surface area contributed by atoms with E-state index < -0.39 is 0 Å². The van der Waals surface area contributed by atoms with Crippen molar-refractivity contribution in [2.75, 3.05) is 11.9 Å². The molecule has 4 nitrogen and oxygen atoms in total. The van der Waals surface area contributed by atoms with E-state index in [9.17, 15) is 5.11 Å². The standard InChI is InChI=1S/C15H12BrN3O/c1-19(10-6-8-11(20)9-7-10)14-12-4-2-3-5-13(12)17-18-15(14)16/h2-9,20H,1H3. The number of halogens is 1. The molecule has 0 aliphatic heterocycles. The van der Waals surface area contributed by atoms with Crippen LogP contribution in [-0.4, -0.2) is 22.4 Å². The van der Waals surface area contributed by atoms with Crippen molar-refractivity contribution in [2.24, 2.45) is 0 Å². The molecule has 0 bridgehead atoms. The van der Waals surface area contributed by atoms with E-state index in [0.717, 1.165) is 22.3 Å². The fraction of sp³-hybridized carbons (Fsp3) is 0.0667. The molecule has 20 heavy (non-hydrogen) atoms. The summed E-state index contributed by atoms with van der Waals surface area (Å²) < 4.78 is 0.687. The SMILES string of the molecule is CN(c1ccc(O)cc1)c1c(Br)nnc2ccccc12. The van der Waals surface area contributed by atoms with E-state index in [0.29, 0.717) is 4.60 Å². The van der Waals surface area contributed by atoms with Gasteiger partial charge in [0.15, 0.2) is 4.60 Å². The molecule has 1 aromatic heterocycles. The average molecular weight is 330 g/mol. The van der Waals surface area contributed by atoms with Crippen molar-refractivity contribution in [1.82, 2.24) is 10.2 Å². The lowest BCUT2D eigenvalue weighted by Gasteiger charge is -2.21. The topological polar surface area (TPSA) is 49.2 Å². The summed E-state index contributed by atoms with van der Waals surface area (Å²) in [7, 11) is 1.96. The quantitative estimate of drug-likeness (QED) is 0.775. The molecule has 1 N–H and O–H groups in total. The molecule has 100 valence electrons. The number of nitrogens with zero attached hydrogens (tertiary/aromatic N) is 3. The van der Waals surface area contributed by atoms with Gasteiger partial charge in [0.25, 0.3) is 0 Å². The molecular weight excluding hydrogens is 318 g/mol. The van der Waals surface area contributed by atoms with Gasteiger partial charge in [-0.1, -0.05) is 18.2 Å². The minimum atomic E-state index is 0.249. The van der Waals surface area contributed by atoms with Gasteiger partial charge in [-0.05, 0) is 46.3 Å². The molecule has 1 heterocycles. The van der Waals surface area contributed by atoms with E-state index in [-0.39, 0.29) is 5.75 Å². The van der Waals surface area contributed by atoms with Crippen molar-refractivity contribution in [3.8, 4) is 5.75 Å². The summed E-state index contributed by atoms with van der Waals surface area (Å²) in [5.74, 6) is 0.249. The third-order valence-electron chi connectivity index (χ3n) is 3.17. The Morgan fingerprint density at radius 3 is 2.45 bits per heavy atom. The van der Waals surface area contributed by atoms with Crippen LogP contribution in [0.4, 0.5) is 11.4 Å². The van der Waals surface area contributed by atoms with E-state index in [1.165, 1.54) is 0 Å². The number of benzene rings is 2.